The molecule has 0 aliphatic rings. The van der Waals surface area contributed by atoms with Crippen LogP contribution in [-0.2, 0) is 0 Å². The first kappa shape index (κ1) is 13.1. The highest BCUT2D eigenvalue weighted by atomic mass is 16.6. The summed E-state index contributed by atoms with van der Waals surface area (Å²) in [5, 5.41) is 30.9. The molecule has 1 aromatic carbocycles. The van der Waals surface area contributed by atoms with Gasteiger partial charge in [0, 0.05) is 18.3 Å². The summed E-state index contributed by atoms with van der Waals surface area (Å²) in [6.07, 6.45) is 1.26. The molecule has 0 aliphatic heterocycles. The van der Waals surface area contributed by atoms with Gasteiger partial charge in [0.1, 0.15) is 0 Å². The Hall–Kier alpha value is -1.95. The number of nitro groups is 1. The SMILES string of the molecule is CC(C)(CO)N=Cc1cc([N+](=O)[O-])ccc1[O-]. The van der Waals surface area contributed by atoms with Gasteiger partial charge in [0.2, 0.25) is 0 Å². The van der Waals surface area contributed by atoms with Gasteiger partial charge < -0.3 is 10.2 Å². The number of hydrogen-bond acceptors (Lipinski definition) is 5. The van der Waals surface area contributed by atoms with Crippen molar-refractivity contribution in [2.75, 3.05) is 6.61 Å². The van der Waals surface area contributed by atoms with Gasteiger partial charge in [-0.15, -0.1) is 0 Å². The standard InChI is InChI=1S/C11H14N2O4/c1-11(2,7-14)12-6-8-5-9(13(16)17)3-4-10(8)15/h3-6,14-15H,7H2,1-2H3/p-1. The van der Waals surface area contributed by atoms with Crippen molar-refractivity contribution in [3.8, 4) is 5.75 Å². The number of benzene rings is 1. The Morgan fingerprint density at radius 2 is 2.18 bits per heavy atom. The molecule has 1 rings (SSSR count). The lowest BCUT2D eigenvalue weighted by Crippen LogP contribution is -2.22. The summed E-state index contributed by atoms with van der Waals surface area (Å²) in [6.45, 7) is 3.20. The Morgan fingerprint density at radius 1 is 1.53 bits per heavy atom. The van der Waals surface area contributed by atoms with Crippen molar-refractivity contribution >= 4 is 11.9 Å². The molecule has 0 aliphatic carbocycles. The number of aliphatic hydroxyl groups is 1. The lowest BCUT2D eigenvalue weighted by Gasteiger charge is -2.16. The van der Waals surface area contributed by atoms with Gasteiger partial charge in [-0.1, -0.05) is 11.8 Å². The molecule has 0 radical (unpaired) electrons. The number of rotatable bonds is 4. The molecule has 0 saturated heterocycles. The summed E-state index contributed by atoms with van der Waals surface area (Å²) >= 11 is 0. The molecule has 6 nitrogen and oxygen atoms in total. The van der Waals surface area contributed by atoms with E-state index in [0.29, 0.717) is 0 Å². The molecule has 0 spiro atoms. The number of nitro benzene ring substituents is 1. The summed E-state index contributed by atoms with van der Waals surface area (Å²) in [6, 6.07) is 3.45. The normalized spacial score (nSPS) is 11.9. The summed E-state index contributed by atoms with van der Waals surface area (Å²) < 4.78 is 0. The van der Waals surface area contributed by atoms with Gasteiger partial charge in [0.25, 0.3) is 5.69 Å². The predicted octanol–water partition coefficient (Wildman–Crippen LogP) is 0.858. The Kier molecular flexibility index (Phi) is 3.80. The molecule has 0 saturated carbocycles. The maximum absolute atomic E-state index is 11.4. The zero-order valence-corrected chi connectivity index (χ0v) is 9.58. The molecule has 1 aromatic rings. The van der Waals surface area contributed by atoms with Crippen molar-refractivity contribution in [1.82, 2.24) is 0 Å². The molecule has 92 valence electrons. The van der Waals surface area contributed by atoms with E-state index in [4.69, 9.17) is 5.11 Å². The lowest BCUT2D eigenvalue weighted by atomic mass is 10.1. The summed E-state index contributed by atoms with van der Waals surface area (Å²) in [4.78, 5) is 14.0. The Morgan fingerprint density at radius 3 is 2.71 bits per heavy atom. The van der Waals surface area contributed by atoms with Crippen LogP contribution in [-0.4, -0.2) is 28.4 Å². The van der Waals surface area contributed by atoms with Crippen molar-refractivity contribution in [2.24, 2.45) is 4.99 Å². The van der Waals surface area contributed by atoms with Crippen LogP contribution in [0, 0.1) is 10.1 Å². The molecule has 0 amide bonds. The highest BCUT2D eigenvalue weighted by Crippen LogP contribution is 2.20. The van der Waals surface area contributed by atoms with Crippen LogP contribution in [0.2, 0.25) is 0 Å². The van der Waals surface area contributed by atoms with E-state index < -0.39 is 10.5 Å². The number of aliphatic hydroxyl groups excluding tert-OH is 1. The highest BCUT2D eigenvalue weighted by molar-refractivity contribution is 5.84. The van der Waals surface area contributed by atoms with E-state index in [1.807, 2.05) is 0 Å². The number of hydrogen-bond donors (Lipinski definition) is 1. The second-order valence-electron chi connectivity index (χ2n) is 4.21. The average molecular weight is 237 g/mol. The van der Waals surface area contributed by atoms with Crippen LogP contribution in [0.25, 0.3) is 0 Å². The molecular formula is C11H13N2O4-. The maximum atomic E-state index is 11.4. The van der Waals surface area contributed by atoms with Gasteiger partial charge >= 0.3 is 0 Å². The maximum Gasteiger partial charge on any atom is 0.270 e. The van der Waals surface area contributed by atoms with Gasteiger partial charge in [0.05, 0.1) is 17.1 Å². The van der Waals surface area contributed by atoms with Gasteiger partial charge in [-0.05, 0) is 19.4 Å². The topological polar surface area (TPSA) is 98.8 Å². The van der Waals surface area contributed by atoms with Crippen molar-refractivity contribution in [3.05, 3.63) is 33.9 Å². The summed E-state index contributed by atoms with van der Waals surface area (Å²) in [5.41, 5.74) is -0.731. The first-order valence-corrected chi connectivity index (χ1v) is 4.97. The monoisotopic (exact) mass is 237 g/mol. The van der Waals surface area contributed by atoms with Crippen molar-refractivity contribution in [1.29, 1.82) is 0 Å². The van der Waals surface area contributed by atoms with Crippen LogP contribution in [0.1, 0.15) is 19.4 Å². The quantitative estimate of drug-likeness (QED) is 0.477. The molecule has 0 unspecified atom stereocenters. The van der Waals surface area contributed by atoms with E-state index in [1.165, 1.54) is 12.3 Å². The zero-order valence-electron chi connectivity index (χ0n) is 9.58. The minimum Gasteiger partial charge on any atom is -0.872 e. The van der Waals surface area contributed by atoms with Crippen LogP contribution in [0.5, 0.6) is 5.75 Å². The Balaban J connectivity index is 3.06. The zero-order chi connectivity index (χ0) is 13.1. The third-order valence-corrected chi connectivity index (χ3v) is 2.14. The van der Waals surface area contributed by atoms with Gasteiger partial charge in [-0.25, -0.2) is 0 Å². The molecule has 0 heterocycles. The number of nitrogens with zero attached hydrogens (tertiary/aromatic N) is 2. The van der Waals surface area contributed by atoms with E-state index in [9.17, 15) is 15.2 Å². The molecule has 6 heteroatoms. The molecule has 0 bridgehead atoms. The van der Waals surface area contributed by atoms with Crippen LogP contribution in [0.15, 0.2) is 23.2 Å². The number of aliphatic imine (C=N–C) groups is 1. The van der Waals surface area contributed by atoms with E-state index in [1.54, 1.807) is 13.8 Å². The predicted molar refractivity (Wildman–Crippen MR) is 61.3 cm³/mol. The second-order valence-corrected chi connectivity index (χ2v) is 4.21. The van der Waals surface area contributed by atoms with Crippen LogP contribution in [0.4, 0.5) is 5.69 Å². The fraction of sp³-hybridized carbons (Fsp3) is 0.364. The largest absolute Gasteiger partial charge is 0.872 e. The first-order valence-electron chi connectivity index (χ1n) is 4.97. The summed E-state index contributed by atoms with van der Waals surface area (Å²) in [7, 11) is 0. The minimum absolute atomic E-state index is 0.140. The van der Waals surface area contributed by atoms with Crippen molar-refractivity contribution in [3.63, 3.8) is 0 Å². The summed E-state index contributed by atoms with van der Waals surface area (Å²) in [5.74, 6) is -0.340. The van der Waals surface area contributed by atoms with Crippen LogP contribution >= 0.6 is 0 Å². The van der Waals surface area contributed by atoms with Gasteiger partial charge in [-0.2, -0.15) is 0 Å². The minimum atomic E-state index is -0.711. The molecule has 1 N–H and O–H groups in total. The molecule has 0 atom stereocenters. The highest BCUT2D eigenvalue weighted by Gasteiger charge is 2.13. The first-order chi connectivity index (χ1) is 7.85. The molecule has 0 aromatic heterocycles. The van der Waals surface area contributed by atoms with Gasteiger partial charge in [0.15, 0.2) is 0 Å². The Bertz CT molecular complexity index is 455. The van der Waals surface area contributed by atoms with E-state index in [-0.39, 0.29) is 23.6 Å². The van der Waals surface area contributed by atoms with E-state index >= 15 is 0 Å². The lowest BCUT2D eigenvalue weighted by molar-refractivity contribution is -0.385. The Labute approximate surface area is 98.4 Å². The third kappa shape index (κ3) is 3.53. The molecule has 17 heavy (non-hydrogen) atoms. The van der Waals surface area contributed by atoms with Gasteiger partial charge in [-0.3, -0.25) is 15.1 Å². The fourth-order valence-electron chi connectivity index (χ4n) is 1.04. The smallest absolute Gasteiger partial charge is 0.270 e. The molecular weight excluding hydrogens is 224 g/mol. The fourth-order valence-corrected chi connectivity index (χ4v) is 1.04. The second kappa shape index (κ2) is 4.92. The van der Waals surface area contributed by atoms with Crippen LogP contribution < -0.4 is 5.11 Å². The average Bonchev–Trinajstić information content (AvgIpc) is 2.27. The van der Waals surface area contributed by atoms with E-state index in [2.05, 4.69) is 4.99 Å². The van der Waals surface area contributed by atoms with Crippen molar-refractivity contribution in [2.45, 2.75) is 19.4 Å². The number of non-ortho nitro benzene ring substituents is 1. The van der Waals surface area contributed by atoms with Crippen molar-refractivity contribution < 1.29 is 15.1 Å². The van der Waals surface area contributed by atoms with Crippen LogP contribution in [0.3, 0.4) is 0 Å². The third-order valence-electron chi connectivity index (χ3n) is 2.14. The van der Waals surface area contributed by atoms with E-state index in [0.717, 1.165) is 12.1 Å². The molecule has 0 fully saturated rings.